The van der Waals surface area contributed by atoms with E-state index in [0.717, 1.165) is 24.3 Å². The lowest BCUT2D eigenvalue weighted by Gasteiger charge is -2.38. The average molecular weight is 237 g/mol. The Hall–Kier alpha value is -0.760. The maximum atomic E-state index is 5.97. The summed E-state index contributed by atoms with van der Waals surface area (Å²) < 4.78 is 0. The van der Waals surface area contributed by atoms with Crippen molar-refractivity contribution >= 4 is 17.4 Å². The van der Waals surface area contributed by atoms with Crippen LogP contribution in [0, 0.1) is 5.92 Å². The van der Waals surface area contributed by atoms with E-state index in [2.05, 4.69) is 16.0 Å². The normalized spacial score (nSPS) is 29.2. The van der Waals surface area contributed by atoms with Crippen LogP contribution in [0.4, 0.5) is 5.82 Å². The van der Waals surface area contributed by atoms with Crippen LogP contribution in [0.2, 0.25) is 5.15 Å². The minimum absolute atomic E-state index is 0.609. The molecule has 2 atom stereocenters. The van der Waals surface area contributed by atoms with E-state index in [0.29, 0.717) is 5.15 Å². The highest BCUT2D eigenvalue weighted by atomic mass is 35.5. The molecule has 1 saturated heterocycles. The Morgan fingerprint density at radius 3 is 2.94 bits per heavy atom. The highest BCUT2D eigenvalue weighted by Gasteiger charge is 2.35. The number of hydrogen-bond donors (Lipinski definition) is 0. The molecule has 2 unspecified atom stereocenters. The first-order valence-electron chi connectivity index (χ1n) is 6.24. The summed E-state index contributed by atoms with van der Waals surface area (Å²) >= 11 is 5.97. The van der Waals surface area contributed by atoms with E-state index in [9.17, 15) is 0 Å². The van der Waals surface area contributed by atoms with Gasteiger partial charge >= 0.3 is 0 Å². The van der Waals surface area contributed by atoms with Crippen molar-refractivity contribution in [3.8, 4) is 0 Å². The van der Waals surface area contributed by atoms with Crippen molar-refractivity contribution in [2.24, 2.45) is 5.92 Å². The molecule has 1 aromatic rings. The van der Waals surface area contributed by atoms with Crippen molar-refractivity contribution in [1.82, 2.24) is 4.98 Å². The van der Waals surface area contributed by atoms with Gasteiger partial charge in [0, 0.05) is 12.6 Å². The second-order valence-corrected chi connectivity index (χ2v) is 5.30. The highest BCUT2D eigenvalue weighted by Crippen LogP contribution is 2.38. The fourth-order valence-electron chi connectivity index (χ4n) is 3.30. The molecule has 1 saturated carbocycles. The molecule has 0 N–H and O–H groups in total. The van der Waals surface area contributed by atoms with Gasteiger partial charge in [-0.15, -0.1) is 0 Å². The van der Waals surface area contributed by atoms with E-state index in [1.807, 2.05) is 12.1 Å². The molecular weight excluding hydrogens is 220 g/mol. The molecule has 2 aliphatic rings. The molecule has 1 aliphatic heterocycles. The smallest absolute Gasteiger partial charge is 0.131 e. The van der Waals surface area contributed by atoms with Gasteiger partial charge in [-0.05, 0) is 43.7 Å². The fourth-order valence-corrected chi connectivity index (χ4v) is 3.46. The molecular formula is C13H17ClN2. The van der Waals surface area contributed by atoms with E-state index in [-0.39, 0.29) is 0 Å². The standard InChI is InChI=1S/C13H17ClN2/c14-12-7-2-8-13(15-12)16-9-3-5-10-4-1-6-11(10)16/h2,7-8,10-11H,1,3-6,9H2. The van der Waals surface area contributed by atoms with Crippen LogP contribution < -0.4 is 4.90 Å². The largest absolute Gasteiger partial charge is 0.353 e. The monoisotopic (exact) mass is 236 g/mol. The van der Waals surface area contributed by atoms with Crippen LogP contribution in [0.3, 0.4) is 0 Å². The van der Waals surface area contributed by atoms with Crippen LogP contribution in [0.25, 0.3) is 0 Å². The number of piperidine rings is 1. The third kappa shape index (κ3) is 1.80. The van der Waals surface area contributed by atoms with Crippen molar-refractivity contribution in [3.63, 3.8) is 0 Å². The van der Waals surface area contributed by atoms with Gasteiger partial charge in [0.15, 0.2) is 0 Å². The van der Waals surface area contributed by atoms with Crippen LogP contribution in [0.15, 0.2) is 18.2 Å². The molecule has 86 valence electrons. The van der Waals surface area contributed by atoms with Gasteiger partial charge in [-0.1, -0.05) is 24.1 Å². The maximum absolute atomic E-state index is 5.97. The number of nitrogens with zero attached hydrogens (tertiary/aromatic N) is 2. The summed E-state index contributed by atoms with van der Waals surface area (Å²) in [5, 5.41) is 0.609. The van der Waals surface area contributed by atoms with Gasteiger partial charge in [-0.2, -0.15) is 0 Å². The molecule has 1 aromatic heterocycles. The summed E-state index contributed by atoms with van der Waals surface area (Å²) in [7, 11) is 0. The zero-order valence-corrected chi connectivity index (χ0v) is 10.2. The van der Waals surface area contributed by atoms with Crippen molar-refractivity contribution in [1.29, 1.82) is 0 Å². The van der Waals surface area contributed by atoms with Gasteiger partial charge in [0.25, 0.3) is 0 Å². The quantitative estimate of drug-likeness (QED) is 0.694. The third-order valence-electron chi connectivity index (χ3n) is 3.99. The van der Waals surface area contributed by atoms with Crippen molar-refractivity contribution in [2.45, 2.75) is 38.1 Å². The number of anilines is 1. The van der Waals surface area contributed by atoms with Crippen molar-refractivity contribution in [2.75, 3.05) is 11.4 Å². The van der Waals surface area contributed by atoms with Gasteiger partial charge in [0.1, 0.15) is 11.0 Å². The number of rotatable bonds is 1. The molecule has 3 rings (SSSR count). The first kappa shape index (κ1) is 10.4. The Balaban J connectivity index is 1.88. The van der Waals surface area contributed by atoms with Gasteiger partial charge in [-0.25, -0.2) is 4.98 Å². The summed E-state index contributed by atoms with van der Waals surface area (Å²) in [5.41, 5.74) is 0. The highest BCUT2D eigenvalue weighted by molar-refractivity contribution is 6.29. The summed E-state index contributed by atoms with van der Waals surface area (Å²) in [4.78, 5) is 6.93. The summed E-state index contributed by atoms with van der Waals surface area (Å²) in [5.74, 6) is 1.97. The summed E-state index contributed by atoms with van der Waals surface area (Å²) in [6.45, 7) is 1.15. The Labute approximate surface area is 102 Å². The predicted octanol–water partition coefficient (Wildman–Crippen LogP) is 3.50. The van der Waals surface area contributed by atoms with Crippen LogP contribution in [-0.4, -0.2) is 17.6 Å². The minimum Gasteiger partial charge on any atom is -0.353 e. The van der Waals surface area contributed by atoms with E-state index in [1.165, 1.54) is 32.1 Å². The number of fused-ring (bicyclic) bond motifs is 1. The van der Waals surface area contributed by atoms with E-state index < -0.39 is 0 Å². The van der Waals surface area contributed by atoms with Crippen LogP contribution in [0.5, 0.6) is 0 Å². The Kier molecular flexibility index (Phi) is 2.76. The van der Waals surface area contributed by atoms with E-state index >= 15 is 0 Å². The van der Waals surface area contributed by atoms with Crippen molar-refractivity contribution in [3.05, 3.63) is 23.4 Å². The number of halogens is 1. The lowest BCUT2D eigenvalue weighted by atomic mass is 9.92. The van der Waals surface area contributed by atoms with E-state index in [4.69, 9.17) is 11.6 Å². The van der Waals surface area contributed by atoms with Gasteiger partial charge in [0.2, 0.25) is 0 Å². The number of aromatic nitrogens is 1. The maximum Gasteiger partial charge on any atom is 0.131 e. The van der Waals surface area contributed by atoms with Gasteiger partial charge < -0.3 is 4.90 Å². The molecule has 0 amide bonds. The first-order valence-corrected chi connectivity index (χ1v) is 6.61. The third-order valence-corrected chi connectivity index (χ3v) is 4.20. The topological polar surface area (TPSA) is 16.1 Å². The van der Waals surface area contributed by atoms with Crippen LogP contribution in [0.1, 0.15) is 32.1 Å². The number of pyridine rings is 1. The molecule has 16 heavy (non-hydrogen) atoms. The average Bonchev–Trinajstić information content (AvgIpc) is 2.76. The van der Waals surface area contributed by atoms with Gasteiger partial charge in [-0.3, -0.25) is 0 Å². The predicted molar refractivity (Wildman–Crippen MR) is 67.0 cm³/mol. The van der Waals surface area contributed by atoms with Crippen LogP contribution >= 0.6 is 11.6 Å². The Morgan fingerprint density at radius 2 is 2.06 bits per heavy atom. The Bertz CT molecular complexity index is 380. The zero-order chi connectivity index (χ0) is 11.0. The van der Waals surface area contributed by atoms with E-state index in [1.54, 1.807) is 0 Å². The molecule has 1 aliphatic carbocycles. The van der Waals surface area contributed by atoms with Gasteiger partial charge in [0.05, 0.1) is 0 Å². The molecule has 2 heterocycles. The van der Waals surface area contributed by atoms with Crippen LogP contribution in [-0.2, 0) is 0 Å². The SMILES string of the molecule is Clc1cccc(N2CCCC3CCCC32)n1. The number of hydrogen-bond acceptors (Lipinski definition) is 2. The molecule has 0 radical (unpaired) electrons. The lowest BCUT2D eigenvalue weighted by Crippen LogP contribution is -2.43. The Morgan fingerprint density at radius 1 is 1.19 bits per heavy atom. The second-order valence-electron chi connectivity index (χ2n) is 4.91. The first-order chi connectivity index (χ1) is 7.84. The second kappa shape index (κ2) is 4.25. The molecule has 2 nitrogen and oxygen atoms in total. The molecule has 0 spiro atoms. The minimum atomic E-state index is 0.609. The molecule has 0 bridgehead atoms. The van der Waals surface area contributed by atoms with Crippen molar-refractivity contribution < 1.29 is 0 Å². The zero-order valence-electron chi connectivity index (χ0n) is 9.40. The summed E-state index contributed by atoms with van der Waals surface area (Å²) in [6.07, 6.45) is 6.82. The summed E-state index contributed by atoms with van der Waals surface area (Å²) in [6, 6.07) is 6.66. The molecule has 2 fully saturated rings. The fraction of sp³-hybridized carbons (Fsp3) is 0.615. The molecule has 0 aromatic carbocycles. The molecule has 3 heteroatoms. The lowest BCUT2D eigenvalue weighted by molar-refractivity contribution is 0.360.